The molecular weight excluding hydrogens is 232 g/mol. The summed E-state index contributed by atoms with van der Waals surface area (Å²) in [7, 11) is 0. The summed E-state index contributed by atoms with van der Waals surface area (Å²) in [6, 6.07) is 6.23. The molecule has 0 bridgehead atoms. The van der Waals surface area contributed by atoms with Crippen LogP contribution in [0.5, 0.6) is 0 Å². The summed E-state index contributed by atoms with van der Waals surface area (Å²) in [5.41, 5.74) is 0.196. The topological polar surface area (TPSA) is 52.9 Å². The lowest BCUT2D eigenvalue weighted by Crippen LogP contribution is -2.26. The van der Waals surface area contributed by atoms with E-state index in [0.29, 0.717) is 0 Å². The van der Waals surface area contributed by atoms with E-state index in [9.17, 15) is 4.79 Å². The molecule has 0 aromatic carbocycles. The van der Waals surface area contributed by atoms with Crippen LogP contribution in [0.4, 0.5) is 0 Å². The molecular formula is C13H14N2OS. The largest absolute Gasteiger partial charge is 0.349 e. The van der Waals surface area contributed by atoms with Crippen molar-refractivity contribution >= 4 is 23.3 Å². The number of carbonyl (C=O) groups is 1. The molecule has 88 valence electrons. The van der Waals surface area contributed by atoms with Crippen molar-refractivity contribution < 1.29 is 4.79 Å². The number of amides is 1. The fourth-order valence-corrected chi connectivity index (χ4v) is 2.34. The number of aryl methyl sites for hydroxylation is 1. The molecule has 1 amide bonds. The molecule has 0 unspecified atom stereocenters. The minimum atomic E-state index is -0.249. The van der Waals surface area contributed by atoms with Crippen LogP contribution in [0.15, 0.2) is 17.7 Å². The van der Waals surface area contributed by atoms with Gasteiger partial charge in [-0.1, -0.05) is 6.92 Å². The lowest BCUT2D eigenvalue weighted by Gasteiger charge is -2.00. The summed E-state index contributed by atoms with van der Waals surface area (Å²) in [6.07, 6.45) is 4.71. The molecule has 1 heterocycles. The van der Waals surface area contributed by atoms with Crippen LogP contribution in [0.1, 0.15) is 29.5 Å². The molecule has 2 rings (SSSR count). The summed E-state index contributed by atoms with van der Waals surface area (Å²) in [4.78, 5) is 13.9. The Morgan fingerprint density at radius 3 is 2.94 bits per heavy atom. The third-order valence-corrected chi connectivity index (χ3v) is 3.77. The molecule has 0 radical (unpaired) electrons. The predicted molar refractivity (Wildman–Crippen MR) is 68.5 cm³/mol. The Labute approximate surface area is 105 Å². The molecule has 0 atom stereocenters. The van der Waals surface area contributed by atoms with Gasteiger partial charge in [0.15, 0.2) is 0 Å². The summed E-state index contributed by atoms with van der Waals surface area (Å²) in [6.45, 7) is 2.09. The Kier molecular flexibility index (Phi) is 3.60. The van der Waals surface area contributed by atoms with Gasteiger partial charge in [-0.25, -0.2) is 0 Å². The smallest absolute Gasteiger partial charge is 0.262 e. The summed E-state index contributed by atoms with van der Waals surface area (Å²) in [5, 5.41) is 11.8. The van der Waals surface area contributed by atoms with Crippen molar-refractivity contribution in [3.05, 3.63) is 27.5 Å². The van der Waals surface area contributed by atoms with E-state index in [1.807, 2.05) is 18.2 Å². The maximum absolute atomic E-state index is 11.7. The van der Waals surface area contributed by atoms with Crippen molar-refractivity contribution in [2.24, 2.45) is 0 Å². The van der Waals surface area contributed by atoms with E-state index in [-0.39, 0.29) is 17.5 Å². The van der Waals surface area contributed by atoms with Gasteiger partial charge in [-0.15, -0.1) is 11.3 Å². The Balaban J connectivity index is 2.10. The average Bonchev–Trinajstić information content (AvgIpc) is 3.02. The van der Waals surface area contributed by atoms with Crippen LogP contribution in [-0.2, 0) is 11.2 Å². The minimum absolute atomic E-state index is 0.196. The Bertz CT molecular complexity index is 492. The quantitative estimate of drug-likeness (QED) is 0.655. The molecule has 0 spiro atoms. The zero-order chi connectivity index (χ0) is 12.3. The van der Waals surface area contributed by atoms with Crippen molar-refractivity contribution in [1.29, 1.82) is 5.26 Å². The molecule has 1 aromatic heterocycles. The monoisotopic (exact) mass is 246 g/mol. The molecule has 1 aliphatic carbocycles. The highest BCUT2D eigenvalue weighted by Crippen LogP contribution is 2.21. The van der Waals surface area contributed by atoms with Crippen LogP contribution in [-0.4, -0.2) is 11.9 Å². The first-order valence-corrected chi connectivity index (χ1v) is 6.56. The van der Waals surface area contributed by atoms with Gasteiger partial charge < -0.3 is 5.32 Å². The van der Waals surface area contributed by atoms with Gasteiger partial charge in [0, 0.05) is 15.8 Å². The fraction of sp³-hybridized carbons (Fsp3) is 0.385. The second kappa shape index (κ2) is 5.15. The number of thiophene rings is 1. The van der Waals surface area contributed by atoms with Crippen molar-refractivity contribution in [2.75, 3.05) is 0 Å². The molecule has 1 N–H and O–H groups in total. The normalized spacial score (nSPS) is 15.4. The van der Waals surface area contributed by atoms with E-state index >= 15 is 0 Å². The van der Waals surface area contributed by atoms with E-state index in [4.69, 9.17) is 5.26 Å². The molecule has 3 nitrogen and oxygen atoms in total. The molecule has 4 heteroatoms. The number of carbonyl (C=O) groups excluding carboxylic acids is 1. The third kappa shape index (κ3) is 3.18. The number of nitriles is 1. The number of nitrogens with one attached hydrogen (secondary N) is 1. The zero-order valence-corrected chi connectivity index (χ0v) is 10.5. The van der Waals surface area contributed by atoms with E-state index < -0.39 is 0 Å². The highest BCUT2D eigenvalue weighted by molar-refractivity contribution is 7.12. The fourth-order valence-electron chi connectivity index (χ4n) is 1.44. The number of rotatable bonds is 4. The van der Waals surface area contributed by atoms with E-state index in [2.05, 4.69) is 12.2 Å². The summed E-state index contributed by atoms with van der Waals surface area (Å²) < 4.78 is 0. The van der Waals surface area contributed by atoms with E-state index in [1.165, 1.54) is 4.88 Å². The van der Waals surface area contributed by atoms with Crippen molar-refractivity contribution in [3.63, 3.8) is 0 Å². The molecule has 0 aliphatic heterocycles. The number of hydrogen-bond acceptors (Lipinski definition) is 3. The Morgan fingerprint density at radius 1 is 1.65 bits per heavy atom. The molecule has 1 fully saturated rings. The first-order chi connectivity index (χ1) is 8.22. The van der Waals surface area contributed by atoms with Gasteiger partial charge in [-0.05, 0) is 37.5 Å². The highest BCUT2D eigenvalue weighted by atomic mass is 32.1. The SMILES string of the molecule is CCc1ccc(/C=C(\C#N)C(=O)NC2CC2)s1. The van der Waals surface area contributed by atoms with Gasteiger partial charge >= 0.3 is 0 Å². The maximum atomic E-state index is 11.7. The highest BCUT2D eigenvalue weighted by Gasteiger charge is 2.24. The van der Waals surface area contributed by atoms with Crippen LogP contribution < -0.4 is 5.32 Å². The van der Waals surface area contributed by atoms with Gasteiger partial charge in [-0.3, -0.25) is 4.79 Å². The molecule has 1 aromatic rings. The second-order valence-electron chi connectivity index (χ2n) is 4.08. The van der Waals surface area contributed by atoms with Crippen LogP contribution in [0.2, 0.25) is 0 Å². The lowest BCUT2D eigenvalue weighted by atomic mass is 10.2. The maximum Gasteiger partial charge on any atom is 0.262 e. The number of nitrogens with zero attached hydrogens (tertiary/aromatic N) is 1. The van der Waals surface area contributed by atoms with E-state index in [0.717, 1.165) is 24.1 Å². The van der Waals surface area contributed by atoms with E-state index in [1.54, 1.807) is 17.4 Å². The Morgan fingerprint density at radius 2 is 2.41 bits per heavy atom. The van der Waals surface area contributed by atoms with Gasteiger partial charge in [0.1, 0.15) is 11.6 Å². The van der Waals surface area contributed by atoms with Gasteiger partial charge in [0.05, 0.1) is 0 Å². The van der Waals surface area contributed by atoms with Crippen molar-refractivity contribution in [3.8, 4) is 6.07 Å². The molecule has 0 saturated heterocycles. The lowest BCUT2D eigenvalue weighted by molar-refractivity contribution is -0.117. The van der Waals surface area contributed by atoms with Gasteiger partial charge in [0.2, 0.25) is 0 Å². The summed E-state index contributed by atoms with van der Waals surface area (Å²) in [5.74, 6) is -0.249. The standard InChI is InChI=1S/C13H14N2OS/c1-2-11-5-6-12(17-11)7-9(8-14)13(16)15-10-3-4-10/h5-7,10H,2-4H2,1H3,(H,15,16)/b9-7+. The Hall–Kier alpha value is -1.60. The first-order valence-electron chi connectivity index (χ1n) is 5.74. The third-order valence-electron chi connectivity index (χ3n) is 2.60. The van der Waals surface area contributed by atoms with Crippen LogP contribution in [0.3, 0.4) is 0 Å². The van der Waals surface area contributed by atoms with Gasteiger partial charge in [-0.2, -0.15) is 5.26 Å². The minimum Gasteiger partial charge on any atom is -0.349 e. The second-order valence-corrected chi connectivity index (χ2v) is 5.28. The molecule has 1 aliphatic rings. The van der Waals surface area contributed by atoms with Crippen molar-refractivity contribution in [2.45, 2.75) is 32.2 Å². The van der Waals surface area contributed by atoms with Crippen molar-refractivity contribution in [1.82, 2.24) is 5.32 Å². The van der Waals surface area contributed by atoms with Gasteiger partial charge in [0.25, 0.3) is 5.91 Å². The number of hydrogen-bond donors (Lipinski definition) is 1. The average molecular weight is 246 g/mol. The predicted octanol–water partition coefficient (Wildman–Crippen LogP) is 2.50. The zero-order valence-electron chi connectivity index (χ0n) is 9.69. The molecule has 17 heavy (non-hydrogen) atoms. The first kappa shape index (κ1) is 11.9. The summed E-state index contributed by atoms with van der Waals surface area (Å²) >= 11 is 1.62. The van der Waals surface area contributed by atoms with Crippen LogP contribution >= 0.6 is 11.3 Å². The van der Waals surface area contributed by atoms with Crippen LogP contribution in [0.25, 0.3) is 6.08 Å². The molecule has 1 saturated carbocycles. The van der Waals surface area contributed by atoms with Crippen LogP contribution in [0, 0.1) is 11.3 Å².